The van der Waals surface area contributed by atoms with E-state index in [1.54, 1.807) is 59.4 Å². The van der Waals surface area contributed by atoms with Gasteiger partial charge in [-0.3, -0.25) is 14.5 Å². The summed E-state index contributed by atoms with van der Waals surface area (Å²) < 4.78 is 101. The average molecular weight is 1100 g/mol. The molecule has 4 amide bonds. The number of hydrogen-bond donors (Lipinski definition) is 4. The fourth-order valence-electron chi connectivity index (χ4n) is 12.7. The van der Waals surface area contributed by atoms with E-state index < -0.39 is 83.3 Å². The minimum atomic E-state index is -1.25. The van der Waals surface area contributed by atoms with Crippen LogP contribution >= 0.6 is 0 Å². The number of carboxylic acid groups (broad SMARTS) is 1. The number of anilines is 2. The number of alkyl carbamates (subject to hydrolysis) is 1. The number of benzene rings is 4. The zero-order valence-electron chi connectivity index (χ0n) is 44.8. The SMILES string of the molecule is COC(=O)N[C@H](C(=O)N1CCC[C@H]1c1nc2cc([C@H]3CC[C@H](c4cc5nc([C@@H]6CCCN6C(=O)[C@H](C(C)C)N(C)C(=O)O)[nH]c5cc4F)N3c3cc(F)c(N4CCC(c5ccc(F)cc5F)CC4)c(F)c3)c(F)cc2[nH]1)C(C)C. The molecule has 4 fully saturated rings. The number of rotatable bonds is 13. The maximum atomic E-state index is 17.0. The number of nitrogens with zero attached hydrogens (tertiary/aromatic N) is 7. The number of H-pyrrole nitrogens is 2. The van der Waals surface area contributed by atoms with Crippen LogP contribution in [0.4, 0.5) is 47.3 Å². The molecule has 6 atom stereocenters. The summed E-state index contributed by atoms with van der Waals surface area (Å²) in [5.41, 5.74) is 1.60. The molecular weight excluding hydrogens is 1030 g/mol. The number of fused-ring (bicyclic) bond motifs is 2. The molecule has 0 aliphatic carbocycles. The predicted octanol–water partition coefficient (Wildman–Crippen LogP) is 11.1. The van der Waals surface area contributed by atoms with Crippen LogP contribution in [0.3, 0.4) is 0 Å². The van der Waals surface area contributed by atoms with Crippen LogP contribution in [0, 0.1) is 46.7 Å². The van der Waals surface area contributed by atoms with Gasteiger partial charge in [-0.05, 0) is 117 Å². The molecule has 22 heteroatoms. The van der Waals surface area contributed by atoms with Crippen molar-refractivity contribution >= 4 is 57.4 Å². The van der Waals surface area contributed by atoms with Crippen LogP contribution in [0.1, 0.15) is 137 Å². The highest BCUT2D eigenvalue weighted by atomic mass is 19.2. The zero-order chi connectivity index (χ0) is 56.3. The van der Waals surface area contributed by atoms with E-state index in [-0.39, 0.29) is 78.0 Å². The van der Waals surface area contributed by atoms with Crippen LogP contribution < -0.4 is 15.1 Å². The summed E-state index contributed by atoms with van der Waals surface area (Å²) in [5, 5.41) is 12.4. The van der Waals surface area contributed by atoms with Gasteiger partial charge in [-0.25, -0.2) is 45.9 Å². The van der Waals surface area contributed by atoms with Gasteiger partial charge in [0.15, 0.2) is 11.6 Å². The lowest BCUT2D eigenvalue weighted by Gasteiger charge is -2.36. The Labute approximate surface area is 452 Å². The molecule has 6 aromatic rings. The van der Waals surface area contributed by atoms with Crippen molar-refractivity contribution in [1.82, 2.24) is 40.0 Å². The van der Waals surface area contributed by atoms with Gasteiger partial charge in [-0.15, -0.1) is 0 Å². The quantitative estimate of drug-likeness (QED) is 0.0812. The molecule has 4 saturated heterocycles. The summed E-state index contributed by atoms with van der Waals surface area (Å²) in [5.74, 6) is -5.44. The number of amides is 4. The number of hydrogen-bond acceptors (Lipinski definition) is 9. The summed E-state index contributed by atoms with van der Waals surface area (Å²) in [6.07, 6.45) is 1.37. The molecule has 10 rings (SSSR count). The Kier molecular flexibility index (Phi) is 15.2. The number of methoxy groups -OCH3 is 1. The van der Waals surface area contributed by atoms with Crippen molar-refractivity contribution in [3.05, 3.63) is 118 Å². The number of likely N-dealkylation sites (N-methyl/N-ethyl adjacent to an activating group) is 1. The first-order valence-corrected chi connectivity index (χ1v) is 27.0. The van der Waals surface area contributed by atoms with E-state index in [0.717, 1.165) is 23.1 Å². The van der Waals surface area contributed by atoms with E-state index in [0.29, 0.717) is 90.9 Å². The third kappa shape index (κ3) is 10.4. The molecule has 16 nitrogen and oxygen atoms in total. The number of aromatic amines is 2. The van der Waals surface area contributed by atoms with Gasteiger partial charge in [0.05, 0.1) is 53.3 Å². The summed E-state index contributed by atoms with van der Waals surface area (Å²) in [7, 11) is 2.57. The number of carbonyl (C=O) groups excluding carboxylic acids is 3. The Bertz CT molecular complexity index is 3300. The Hall–Kier alpha value is -7.52. The number of halogens is 6. The topological polar surface area (TPSA) is 183 Å². The van der Waals surface area contributed by atoms with Crippen LogP contribution in [-0.4, -0.2) is 116 Å². The molecule has 2 aromatic heterocycles. The fraction of sp³-hybridized carbons (Fsp3) is 0.474. The molecule has 4 aliphatic heterocycles. The monoisotopic (exact) mass is 1100 g/mol. The molecule has 420 valence electrons. The molecule has 4 aliphatic rings. The van der Waals surface area contributed by atoms with Crippen LogP contribution in [0.5, 0.6) is 0 Å². The lowest BCUT2D eigenvalue weighted by atomic mass is 9.89. The van der Waals surface area contributed by atoms with Crippen molar-refractivity contribution in [2.75, 3.05) is 50.1 Å². The Balaban J connectivity index is 0.998. The van der Waals surface area contributed by atoms with Gasteiger partial charge in [0.1, 0.15) is 52.7 Å². The fourth-order valence-corrected chi connectivity index (χ4v) is 12.7. The largest absolute Gasteiger partial charge is 0.465 e. The van der Waals surface area contributed by atoms with Gasteiger partial charge < -0.3 is 44.7 Å². The first-order chi connectivity index (χ1) is 37.7. The number of imidazole rings is 2. The van der Waals surface area contributed by atoms with Crippen molar-refractivity contribution < 1.29 is 55.4 Å². The number of aromatic nitrogens is 4. The number of likely N-dealkylation sites (tertiary alicyclic amines) is 2. The van der Waals surface area contributed by atoms with Gasteiger partial charge >= 0.3 is 12.2 Å². The average Bonchev–Trinajstić information content (AvgIpc) is 4.43. The summed E-state index contributed by atoms with van der Waals surface area (Å²) >= 11 is 0. The van der Waals surface area contributed by atoms with E-state index in [1.807, 2.05) is 0 Å². The summed E-state index contributed by atoms with van der Waals surface area (Å²) in [6.45, 7) is 8.21. The van der Waals surface area contributed by atoms with Crippen LogP contribution in [0.2, 0.25) is 0 Å². The summed E-state index contributed by atoms with van der Waals surface area (Å²) in [4.78, 5) is 75.8. The third-order valence-corrected chi connectivity index (χ3v) is 16.6. The first-order valence-electron chi connectivity index (χ1n) is 27.0. The smallest absolute Gasteiger partial charge is 0.407 e. The summed E-state index contributed by atoms with van der Waals surface area (Å²) in [6, 6.07) is 6.57. The van der Waals surface area contributed by atoms with Gasteiger partial charge in [0.2, 0.25) is 11.8 Å². The zero-order valence-corrected chi connectivity index (χ0v) is 44.8. The molecule has 0 bridgehead atoms. The minimum absolute atomic E-state index is 0.00507. The maximum Gasteiger partial charge on any atom is 0.407 e. The first kappa shape index (κ1) is 54.8. The van der Waals surface area contributed by atoms with Crippen molar-refractivity contribution in [2.45, 2.75) is 121 Å². The second-order valence-corrected chi connectivity index (χ2v) is 22.0. The molecule has 6 heterocycles. The van der Waals surface area contributed by atoms with E-state index in [2.05, 4.69) is 15.3 Å². The third-order valence-electron chi connectivity index (χ3n) is 16.6. The van der Waals surface area contributed by atoms with Crippen LogP contribution in [0.15, 0.2) is 54.6 Å². The van der Waals surface area contributed by atoms with Gasteiger partial charge in [0, 0.05) is 56.1 Å². The van der Waals surface area contributed by atoms with Crippen molar-refractivity contribution in [3.8, 4) is 0 Å². The minimum Gasteiger partial charge on any atom is -0.465 e. The van der Waals surface area contributed by atoms with E-state index in [9.17, 15) is 33.1 Å². The van der Waals surface area contributed by atoms with Crippen molar-refractivity contribution in [2.24, 2.45) is 11.8 Å². The number of carbonyl (C=O) groups is 4. The normalized spacial score (nSPS) is 20.8. The second kappa shape index (κ2) is 22.0. The molecular formula is C57H64F6N10O6. The highest BCUT2D eigenvalue weighted by molar-refractivity contribution is 5.87. The van der Waals surface area contributed by atoms with E-state index in [4.69, 9.17) is 14.7 Å². The van der Waals surface area contributed by atoms with Crippen LogP contribution in [-0.2, 0) is 14.3 Å². The van der Waals surface area contributed by atoms with Crippen molar-refractivity contribution in [1.29, 1.82) is 0 Å². The van der Waals surface area contributed by atoms with Crippen molar-refractivity contribution in [3.63, 3.8) is 0 Å². The molecule has 0 radical (unpaired) electrons. The number of nitrogens with one attached hydrogen (secondary N) is 3. The highest BCUT2D eigenvalue weighted by Crippen LogP contribution is 2.50. The number of ether oxygens (including phenoxy) is 1. The molecule has 79 heavy (non-hydrogen) atoms. The second-order valence-electron chi connectivity index (χ2n) is 22.0. The maximum absolute atomic E-state index is 17.0. The highest BCUT2D eigenvalue weighted by Gasteiger charge is 2.43. The number of piperidine rings is 1. The lowest BCUT2D eigenvalue weighted by molar-refractivity contribution is -0.138. The van der Waals surface area contributed by atoms with Crippen LogP contribution in [0.25, 0.3) is 22.1 Å². The van der Waals surface area contributed by atoms with Gasteiger partial charge in [-0.1, -0.05) is 33.8 Å². The lowest BCUT2D eigenvalue weighted by Crippen LogP contribution is -2.51. The predicted molar refractivity (Wildman–Crippen MR) is 282 cm³/mol. The molecule has 4 aromatic carbocycles. The Morgan fingerprint density at radius 1 is 0.646 bits per heavy atom. The Morgan fingerprint density at radius 2 is 1.16 bits per heavy atom. The molecule has 4 N–H and O–H groups in total. The Morgan fingerprint density at radius 3 is 1.65 bits per heavy atom. The van der Waals surface area contributed by atoms with Gasteiger partial charge in [-0.2, -0.15) is 0 Å². The molecule has 0 unspecified atom stereocenters. The van der Waals surface area contributed by atoms with E-state index in [1.165, 1.54) is 38.4 Å². The van der Waals surface area contributed by atoms with Gasteiger partial charge in [0.25, 0.3) is 0 Å². The standard InChI is InChI=1S/C57H64F6N10O6/c1-28(2)49(68-56(76)79-6)54(74)71-17-7-9-47(71)52-64-41-24-34(37(60)26-43(41)66-52)45-13-14-46(73(45)32-22-39(62)51(40(63)23-32)70-19-15-30(16-20-70)33-12-11-31(58)21-36(33)59)35-25-42-44(27-38(35)61)67-53(65-42)48-10-8-18-72(48)55(75)50(29(3)4)69(5)57(77)78/h11-12,21-30,45-50H,7-10,13-20H2,1-6H3,(H,64,66)(H,65,67)(H,68,76)(H,77,78)/t45-,46-,47+,48+,49+,50+/m1/s1. The van der Waals surface area contributed by atoms with E-state index >= 15 is 17.6 Å². The molecule has 0 spiro atoms. The molecule has 0 saturated carbocycles.